The van der Waals surface area contributed by atoms with Crippen LogP contribution in [0.3, 0.4) is 0 Å². The zero-order valence-electron chi connectivity index (χ0n) is 18.5. The fourth-order valence-corrected chi connectivity index (χ4v) is 3.26. The van der Waals surface area contributed by atoms with Gasteiger partial charge in [0.1, 0.15) is 23.0 Å². The lowest BCUT2D eigenvalue weighted by Crippen LogP contribution is -2.31. The Labute approximate surface area is 204 Å². The maximum absolute atomic E-state index is 13.4. The SMILES string of the molecule is COc1ccc(NC(=O)/C(=C/c2cccc([N+](=O)[O-])c2)NC(=O)c2ccc(F)cc2Cl)c(OC)c1. The number of nitrogens with zero attached hydrogens (tertiary/aromatic N) is 1. The van der Waals surface area contributed by atoms with Crippen LogP contribution in [0.25, 0.3) is 6.08 Å². The molecule has 0 bridgehead atoms. The second-order valence-electron chi connectivity index (χ2n) is 7.01. The maximum atomic E-state index is 13.4. The molecule has 180 valence electrons. The number of non-ortho nitro benzene ring substituents is 1. The lowest BCUT2D eigenvalue weighted by atomic mass is 10.1. The van der Waals surface area contributed by atoms with Crippen LogP contribution in [-0.2, 0) is 4.79 Å². The average Bonchev–Trinajstić information content (AvgIpc) is 2.83. The largest absolute Gasteiger partial charge is 0.497 e. The number of methoxy groups -OCH3 is 2. The quantitative estimate of drug-likeness (QED) is 0.260. The van der Waals surface area contributed by atoms with Crippen LogP contribution >= 0.6 is 11.6 Å². The fraction of sp³-hybridized carbons (Fsp3) is 0.0833. The molecule has 0 aliphatic rings. The van der Waals surface area contributed by atoms with Crippen LogP contribution < -0.4 is 20.1 Å². The highest BCUT2D eigenvalue weighted by atomic mass is 35.5. The number of amides is 2. The molecule has 35 heavy (non-hydrogen) atoms. The zero-order chi connectivity index (χ0) is 25.5. The smallest absolute Gasteiger partial charge is 0.272 e. The number of hydrogen-bond donors (Lipinski definition) is 2. The molecule has 0 radical (unpaired) electrons. The third kappa shape index (κ3) is 6.33. The van der Waals surface area contributed by atoms with Gasteiger partial charge in [-0.15, -0.1) is 0 Å². The van der Waals surface area contributed by atoms with Gasteiger partial charge in [-0.05, 0) is 42.0 Å². The van der Waals surface area contributed by atoms with Crippen molar-refractivity contribution in [3.05, 3.63) is 98.4 Å². The van der Waals surface area contributed by atoms with E-state index in [1.54, 1.807) is 18.2 Å². The van der Waals surface area contributed by atoms with Gasteiger partial charge in [0, 0.05) is 18.2 Å². The second-order valence-corrected chi connectivity index (χ2v) is 7.42. The Bertz CT molecular complexity index is 1330. The van der Waals surface area contributed by atoms with Gasteiger partial charge in [-0.2, -0.15) is 0 Å². The van der Waals surface area contributed by atoms with Crippen molar-refractivity contribution in [1.29, 1.82) is 0 Å². The molecule has 0 saturated carbocycles. The minimum atomic E-state index is -0.788. The van der Waals surface area contributed by atoms with Crippen LogP contribution in [0.1, 0.15) is 15.9 Å². The number of hydrogen-bond acceptors (Lipinski definition) is 6. The van der Waals surface area contributed by atoms with E-state index >= 15 is 0 Å². The maximum Gasteiger partial charge on any atom is 0.272 e. The summed E-state index contributed by atoms with van der Waals surface area (Å²) in [5.74, 6) is -1.40. The van der Waals surface area contributed by atoms with Crippen molar-refractivity contribution in [3.63, 3.8) is 0 Å². The zero-order valence-corrected chi connectivity index (χ0v) is 19.3. The number of anilines is 1. The first-order chi connectivity index (χ1) is 16.7. The first kappa shape index (κ1) is 25.2. The summed E-state index contributed by atoms with van der Waals surface area (Å²) in [6.45, 7) is 0. The number of halogens is 2. The summed E-state index contributed by atoms with van der Waals surface area (Å²) in [5.41, 5.74) is 0.0127. The van der Waals surface area contributed by atoms with Crippen LogP contribution in [0.4, 0.5) is 15.8 Å². The summed E-state index contributed by atoms with van der Waals surface area (Å²) in [5, 5.41) is 16.0. The molecule has 11 heteroatoms. The topological polar surface area (TPSA) is 120 Å². The Morgan fingerprint density at radius 2 is 1.83 bits per heavy atom. The monoisotopic (exact) mass is 499 g/mol. The summed E-state index contributed by atoms with van der Waals surface area (Å²) in [4.78, 5) is 36.5. The molecule has 0 unspecified atom stereocenters. The van der Waals surface area contributed by atoms with Gasteiger partial charge in [-0.25, -0.2) is 4.39 Å². The van der Waals surface area contributed by atoms with Gasteiger partial charge in [0.05, 0.1) is 35.4 Å². The molecular weight excluding hydrogens is 481 g/mol. The first-order valence-corrected chi connectivity index (χ1v) is 10.4. The molecule has 9 nitrogen and oxygen atoms in total. The number of nitro benzene ring substituents is 1. The van der Waals surface area contributed by atoms with Crippen LogP contribution in [0, 0.1) is 15.9 Å². The summed E-state index contributed by atoms with van der Waals surface area (Å²) >= 11 is 5.98. The van der Waals surface area contributed by atoms with E-state index < -0.39 is 22.6 Å². The molecule has 0 spiro atoms. The normalized spacial score (nSPS) is 10.9. The van der Waals surface area contributed by atoms with E-state index in [9.17, 15) is 24.1 Å². The molecule has 2 N–H and O–H groups in total. The minimum Gasteiger partial charge on any atom is -0.497 e. The van der Waals surface area contributed by atoms with Crippen LogP contribution in [0.5, 0.6) is 11.5 Å². The molecule has 3 aromatic rings. The number of ether oxygens (including phenoxy) is 2. The molecule has 3 rings (SSSR count). The molecule has 0 fully saturated rings. The third-order valence-corrected chi connectivity index (χ3v) is 5.03. The number of carbonyl (C=O) groups excluding carboxylic acids is 2. The van der Waals surface area contributed by atoms with Crippen molar-refractivity contribution in [3.8, 4) is 11.5 Å². The molecule has 0 atom stereocenters. The highest BCUT2D eigenvalue weighted by Gasteiger charge is 2.19. The van der Waals surface area contributed by atoms with E-state index in [2.05, 4.69) is 10.6 Å². The van der Waals surface area contributed by atoms with Gasteiger partial charge in [0.2, 0.25) is 0 Å². The lowest BCUT2D eigenvalue weighted by Gasteiger charge is -2.14. The van der Waals surface area contributed by atoms with Crippen LogP contribution in [0.2, 0.25) is 5.02 Å². The van der Waals surface area contributed by atoms with Crippen molar-refractivity contribution in [1.82, 2.24) is 5.32 Å². The third-order valence-electron chi connectivity index (χ3n) is 4.72. The van der Waals surface area contributed by atoms with E-state index in [1.165, 1.54) is 50.6 Å². The Hall–Kier alpha value is -4.44. The summed E-state index contributed by atoms with van der Waals surface area (Å²) in [6.07, 6.45) is 1.26. The molecule has 0 aromatic heterocycles. The summed E-state index contributed by atoms with van der Waals surface area (Å²) in [7, 11) is 2.88. The number of nitrogens with one attached hydrogen (secondary N) is 2. The van der Waals surface area contributed by atoms with Gasteiger partial charge in [0.25, 0.3) is 17.5 Å². The summed E-state index contributed by atoms with van der Waals surface area (Å²) < 4.78 is 23.8. The van der Waals surface area contributed by atoms with Crippen LogP contribution in [-0.4, -0.2) is 31.0 Å². The number of carbonyl (C=O) groups is 2. The van der Waals surface area contributed by atoms with Gasteiger partial charge >= 0.3 is 0 Å². The standard InChI is InChI=1S/C24H19ClFN3O6/c1-34-17-7-9-20(22(13-17)35-2)27-24(31)21(11-14-4-3-5-16(10-14)29(32)33)28-23(30)18-8-6-15(26)12-19(18)25/h3-13H,1-2H3,(H,27,31)(H,28,30)/b21-11-. The van der Waals surface area contributed by atoms with Gasteiger partial charge in [0.15, 0.2) is 0 Å². The van der Waals surface area contributed by atoms with Crippen molar-refractivity contribution in [2.45, 2.75) is 0 Å². The molecule has 0 aliphatic heterocycles. The van der Waals surface area contributed by atoms with Gasteiger partial charge in [-0.1, -0.05) is 23.7 Å². The van der Waals surface area contributed by atoms with Crippen molar-refractivity contribution in [2.75, 3.05) is 19.5 Å². The first-order valence-electron chi connectivity index (χ1n) is 9.97. The molecule has 3 aromatic carbocycles. The van der Waals surface area contributed by atoms with Crippen molar-refractivity contribution in [2.24, 2.45) is 0 Å². The predicted octanol–water partition coefficient (Wildman–Crippen LogP) is 4.81. The number of nitro groups is 1. The Kier molecular flexibility index (Phi) is 8.00. The number of benzene rings is 3. The highest BCUT2D eigenvalue weighted by Crippen LogP contribution is 2.29. The summed E-state index contributed by atoms with van der Waals surface area (Å²) in [6, 6.07) is 13.3. The van der Waals surface area contributed by atoms with E-state index in [0.717, 1.165) is 12.1 Å². The molecule has 0 aliphatic carbocycles. The molecule has 2 amide bonds. The van der Waals surface area contributed by atoms with Crippen molar-refractivity contribution >= 4 is 40.9 Å². The van der Waals surface area contributed by atoms with Gasteiger partial charge < -0.3 is 20.1 Å². The average molecular weight is 500 g/mol. The predicted molar refractivity (Wildman–Crippen MR) is 128 cm³/mol. The fourth-order valence-electron chi connectivity index (χ4n) is 3.01. The Balaban J connectivity index is 1.99. The molecule has 0 saturated heterocycles. The minimum absolute atomic E-state index is 0.0761. The Morgan fingerprint density at radius 3 is 2.49 bits per heavy atom. The molecular formula is C24H19ClFN3O6. The van der Waals surface area contributed by atoms with Crippen LogP contribution in [0.15, 0.2) is 66.4 Å². The van der Waals surface area contributed by atoms with Gasteiger partial charge in [-0.3, -0.25) is 19.7 Å². The second kappa shape index (κ2) is 11.1. The molecule has 0 heterocycles. The van der Waals surface area contributed by atoms with Crippen molar-refractivity contribution < 1.29 is 28.4 Å². The van der Waals surface area contributed by atoms with E-state index in [4.69, 9.17) is 21.1 Å². The lowest BCUT2D eigenvalue weighted by molar-refractivity contribution is -0.384. The number of rotatable bonds is 8. The van der Waals surface area contributed by atoms with E-state index in [-0.39, 0.29) is 33.2 Å². The Morgan fingerprint density at radius 1 is 1.06 bits per heavy atom. The highest BCUT2D eigenvalue weighted by molar-refractivity contribution is 6.34. The van der Waals surface area contributed by atoms with E-state index in [1.807, 2.05) is 0 Å². The van der Waals surface area contributed by atoms with E-state index in [0.29, 0.717) is 11.5 Å².